The summed E-state index contributed by atoms with van der Waals surface area (Å²) >= 11 is 0. The highest BCUT2D eigenvalue weighted by Gasteiger charge is 2.39. The summed E-state index contributed by atoms with van der Waals surface area (Å²) in [5, 5.41) is 22.3. The molecule has 1 amide bonds. The van der Waals surface area contributed by atoms with Crippen molar-refractivity contribution in [3.05, 3.63) is 24.8 Å². The average Bonchev–Trinajstić information content (AvgIpc) is 3.26. The minimum Gasteiger partial charge on any atom is -0.465 e. The molecule has 3 aromatic rings. The molecule has 1 saturated heterocycles. The second kappa shape index (κ2) is 7.02. The second-order valence-electron chi connectivity index (χ2n) is 8.63. The minimum absolute atomic E-state index is 0.0773. The number of aromatic nitrogens is 6. The van der Waals surface area contributed by atoms with Crippen LogP contribution in [-0.4, -0.2) is 58.2 Å². The van der Waals surface area contributed by atoms with E-state index in [1.807, 2.05) is 17.9 Å². The van der Waals surface area contributed by atoms with E-state index in [1.54, 1.807) is 28.2 Å². The van der Waals surface area contributed by atoms with E-state index in [2.05, 4.69) is 46.3 Å². The topological polar surface area (TPSA) is 114 Å². The van der Waals surface area contributed by atoms with Crippen LogP contribution in [0.5, 0.6) is 0 Å². The zero-order chi connectivity index (χ0) is 20.8. The van der Waals surface area contributed by atoms with Crippen LogP contribution in [0.2, 0.25) is 0 Å². The normalized spacial score (nSPS) is 20.2. The van der Waals surface area contributed by atoms with E-state index in [4.69, 9.17) is 0 Å². The first-order valence-electron chi connectivity index (χ1n) is 9.68. The lowest BCUT2D eigenvalue weighted by Gasteiger charge is -2.44. The molecule has 29 heavy (non-hydrogen) atoms. The SMILES string of the molecule is Cn1cc(Nc2ncc3cnn(C4CCN(C(=O)O)C(C(C)(C)C)C4)c3n2)cn1. The van der Waals surface area contributed by atoms with Gasteiger partial charge in [0.2, 0.25) is 5.95 Å². The largest absolute Gasteiger partial charge is 0.465 e. The number of carbonyl (C=O) groups is 1. The van der Waals surface area contributed by atoms with E-state index < -0.39 is 6.09 Å². The molecule has 3 aromatic heterocycles. The van der Waals surface area contributed by atoms with Gasteiger partial charge in [-0.1, -0.05) is 20.8 Å². The number of hydrogen-bond donors (Lipinski definition) is 2. The van der Waals surface area contributed by atoms with Gasteiger partial charge in [0.25, 0.3) is 0 Å². The third-order valence-corrected chi connectivity index (χ3v) is 5.46. The average molecular weight is 398 g/mol. The summed E-state index contributed by atoms with van der Waals surface area (Å²) in [7, 11) is 1.85. The molecule has 4 heterocycles. The zero-order valence-electron chi connectivity index (χ0n) is 17.1. The Hall–Kier alpha value is -3.17. The molecule has 0 aliphatic carbocycles. The van der Waals surface area contributed by atoms with Crippen molar-refractivity contribution in [2.45, 2.75) is 45.7 Å². The molecule has 0 radical (unpaired) electrons. The number of fused-ring (bicyclic) bond motifs is 1. The van der Waals surface area contributed by atoms with Gasteiger partial charge in [-0.25, -0.2) is 14.5 Å². The third-order valence-electron chi connectivity index (χ3n) is 5.46. The van der Waals surface area contributed by atoms with Crippen molar-refractivity contribution in [3.8, 4) is 0 Å². The van der Waals surface area contributed by atoms with Crippen LogP contribution < -0.4 is 5.32 Å². The summed E-state index contributed by atoms with van der Waals surface area (Å²) in [6.45, 7) is 6.72. The Balaban J connectivity index is 1.63. The number of aryl methyl sites for hydroxylation is 1. The van der Waals surface area contributed by atoms with Crippen LogP contribution in [0.25, 0.3) is 11.0 Å². The number of likely N-dealkylation sites (tertiary alicyclic amines) is 1. The quantitative estimate of drug-likeness (QED) is 0.697. The molecule has 10 heteroatoms. The summed E-state index contributed by atoms with van der Waals surface area (Å²) in [5.41, 5.74) is 1.38. The van der Waals surface area contributed by atoms with Gasteiger partial charge < -0.3 is 15.3 Å². The van der Waals surface area contributed by atoms with Crippen molar-refractivity contribution < 1.29 is 9.90 Å². The smallest absolute Gasteiger partial charge is 0.407 e. The number of hydrogen-bond acceptors (Lipinski definition) is 6. The summed E-state index contributed by atoms with van der Waals surface area (Å²) in [6.07, 6.45) is 7.60. The standard InChI is InChI=1S/C19H26N8O2/c1-19(2,3)15-7-14(5-6-26(15)18(28)29)27-16-12(9-22-27)8-20-17(24-16)23-13-10-21-25(4)11-13/h8-11,14-15H,5-7H2,1-4H3,(H,28,29)(H,20,23,24). The highest BCUT2D eigenvalue weighted by Crippen LogP contribution is 2.37. The molecule has 1 aliphatic heterocycles. The fraction of sp³-hybridized carbons (Fsp3) is 0.526. The molecule has 154 valence electrons. The Labute approximate surface area is 168 Å². The molecule has 10 nitrogen and oxygen atoms in total. The fourth-order valence-electron chi connectivity index (χ4n) is 4.00. The van der Waals surface area contributed by atoms with Crippen LogP contribution in [-0.2, 0) is 7.05 Å². The highest BCUT2D eigenvalue weighted by atomic mass is 16.4. The van der Waals surface area contributed by atoms with Gasteiger partial charge in [0.1, 0.15) is 0 Å². The van der Waals surface area contributed by atoms with Crippen LogP contribution in [0.1, 0.15) is 39.7 Å². The first-order chi connectivity index (χ1) is 13.7. The Kier molecular flexibility index (Phi) is 4.64. The molecule has 2 unspecified atom stereocenters. The lowest BCUT2D eigenvalue weighted by Crippen LogP contribution is -2.51. The third kappa shape index (κ3) is 3.74. The van der Waals surface area contributed by atoms with Gasteiger partial charge in [-0.3, -0.25) is 4.68 Å². The van der Waals surface area contributed by atoms with Crippen molar-refractivity contribution in [3.63, 3.8) is 0 Å². The molecule has 4 rings (SSSR count). The van der Waals surface area contributed by atoms with Gasteiger partial charge in [0, 0.05) is 32.0 Å². The second-order valence-corrected chi connectivity index (χ2v) is 8.63. The molecule has 1 aliphatic rings. The van der Waals surface area contributed by atoms with E-state index in [0.29, 0.717) is 25.3 Å². The molecule has 0 spiro atoms. The summed E-state index contributed by atoms with van der Waals surface area (Å²) in [6, 6.07) is -0.0127. The minimum atomic E-state index is -0.862. The van der Waals surface area contributed by atoms with E-state index in [1.165, 1.54) is 0 Å². The maximum atomic E-state index is 11.7. The maximum Gasteiger partial charge on any atom is 0.407 e. The summed E-state index contributed by atoms with van der Waals surface area (Å²) in [5.74, 6) is 0.475. The molecular formula is C19H26N8O2. The Morgan fingerprint density at radius 2 is 2.03 bits per heavy atom. The van der Waals surface area contributed by atoms with E-state index in [-0.39, 0.29) is 17.5 Å². The predicted molar refractivity (Wildman–Crippen MR) is 108 cm³/mol. The van der Waals surface area contributed by atoms with Gasteiger partial charge in [-0.05, 0) is 18.3 Å². The number of nitrogens with zero attached hydrogens (tertiary/aromatic N) is 7. The van der Waals surface area contributed by atoms with Crippen molar-refractivity contribution in [2.75, 3.05) is 11.9 Å². The summed E-state index contributed by atoms with van der Waals surface area (Å²) in [4.78, 5) is 22.3. The number of rotatable bonds is 3. The van der Waals surface area contributed by atoms with Crippen LogP contribution in [0.15, 0.2) is 24.8 Å². The Bertz CT molecular complexity index is 1030. The zero-order valence-corrected chi connectivity index (χ0v) is 17.1. The van der Waals surface area contributed by atoms with E-state index in [9.17, 15) is 9.90 Å². The van der Waals surface area contributed by atoms with Crippen molar-refractivity contribution in [1.82, 2.24) is 34.4 Å². The van der Waals surface area contributed by atoms with E-state index >= 15 is 0 Å². The molecule has 1 fully saturated rings. The Morgan fingerprint density at radius 1 is 1.24 bits per heavy atom. The van der Waals surface area contributed by atoms with Crippen LogP contribution >= 0.6 is 0 Å². The van der Waals surface area contributed by atoms with Gasteiger partial charge in [0.15, 0.2) is 5.65 Å². The van der Waals surface area contributed by atoms with Gasteiger partial charge in [-0.15, -0.1) is 0 Å². The number of piperidine rings is 1. The van der Waals surface area contributed by atoms with Gasteiger partial charge in [-0.2, -0.15) is 15.2 Å². The summed E-state index contributed by atoms with van der Waals surface area (Å²) < 4.78 is 3.62. The number of nitrogens with one attached hydrogen (secondary N) is 1. The van der Waals surface area contributed by atoms with Gasteiger partial charge >= 0.3 is 6.09 Å². The molecule has 0 aromatic carbocycles. The molecule has 2 N–H and O–H groups in total. The number of carboxylic acid groups (broad SMARTS) is 1. The molecule has 2 atom stereocenters. The van der Waals surface area contributed by atoms with Crippen molar-refractivity contribution in [2.24, 2.45) is 12.5 Å². The molecular weight excluding hydrogens is 372 g/mol. The Morgan fingerprint density at radius 3 is 2.69 bits per heavy atom. The van der Waals surface area contributed by atoms with Crippen LogP contribution in [0, 0.1) is 5.41 Å². The monoisotopic (exact) mass is 398 g/mol. The van der Waals surface area contributed by atoms with Crippen molar-refractivity contribution >= 4 is 28.8 Å². The first kappa shape index (κ1) is 19.2. The number of amides is 1. The van der Waals surface area contributed by atoms with Crippen LogP contribution in [0.3, 0.4) is 0 Å². The highest BCUT2D eigenvalue weighted by molar-refractivity contribution is 5.75. The molecule has 0 saturated carbocycles. The van der Waals surface area contributed by atoms with E-state index in [0.717, 1.165) is 16.7 Å². The van der Waals surface area contributed by atoms with Crippen LogP contribution in [0.4, 0.5) is 16.4 Å². The fourth-order valence-corrected chi connectivity index (χ4v) is 4.00. The first-order valence-corrected chi connectivity index (χ1v) is 9.68. The number of anilines is 2. The lowest BCUT2D eigenvalue weighted by atomic mass is 9.79. The van der Waals surface area contributed by atoms with Gasteiger partial charge in [0.05, 0.1) is 29.5 Å². The molecule has 0 bridgehead atoms. The van der Waals surface area contributed by atoms with Crippen molar-refractivity contribution in [1.29, 1.82) is 0 Å². The maximum absolute atomic E-state index is 11.7. The predicted octanol–water partition coefficient (Wildman–Crippen LogP) is 3.03. The lowest BCUT2D eigenvalue weighted by molar-refractivity contribution is 0.0415.